The van der Waals surface area contributed by atoms with Crippen molar-refractivity contribution in [3.05, 3.63) is 24.3 Å². The molecule has 0 bridgehead atoms. The van der Waals surface area contributed by atoms with Crippen LogP contribution in [0.25, 0.3) is 11.0 Å². The number of hydrogen-bond acceptors (Lipinski definition) is 5. The van der Waals surface area contributed by atoms with Crippen LogP contribution in [-0.2, 0) is 9.53 Å². The number of fused-ring (bicyclic) bond motifs is 1. The summed E-state index contributed by atoms with van der Waals surface area (Å²) in [6, 6.07) is 7.18. The third kappa shape index (κ3) is 1.94. The van der Waals surface area contributed by atoms with Gasteiger partial charge in [-0.15, -0.1) is 5.10 Å². The summed E-state index contributed by atoms with van der Waals surface area (Å²) in [6.45, 7) is -0.117. The second-order valence-electron chi connectivity index (χ2n) is 2.85. The van der Waals surface area contributed by atoms with Crippen LogP contribution in [0.1, 0.15) is 0 Å². The van der Waals surface area contributed by atoms with Crippen molar-refractivity contribution in [1.29, 1.82) is 0 Å². The zero-order valence-corrected chi connectivity index (χ0v) is 8.08. The molecule has 0 radical (unpaired) electrons. The zero-order valence-electron chi connectivity index (χ0n) is 8.08. The number of methoxy groups -OCH3 is 1. The van der Waals surface area contributed by atoms with E-state index in [1.54, 1.807) is 12.1 Å². The van der Waals surface area contributed by atoms with E-state index >= 15 is 0 Å². The molecule has 0 aliphatic heterocycles. The number of aromatic nitrogens is 3. The second-order valence-corrected chi connectivity index (χ2v) is 2.85. The Morgan fingerprint density at radius 1 is 1.47 bits per heavy atom. The van der Waals surface area contributed by atoms with Gasteiger partial charge in [-0.3, -0.25) is 0 Å². The Balaban J connectivity index is 2.25. The van der Waals surface area contributed by atoms with Crippen LogP contribution in [0.5, 0.6) is 0 Å². The molecular formula is C9H9N3O3. The fraction of sp³-hybridized carbons (Fsp3) is 0.222. The number of benzene rings is 1. The zero-order chi connectivity index (χ0) is 10.7. The van der Waals surface area contributed by atoms with Crippen LogP contribution in [0.4, 0.5) is 0 Å². The van der Waals surface area contributed by atoms with E-state index in [0.29, 0.717) is 11.0 Å². The van der Waals surface area contributed by atoms with Crippen molar-refractivity contribution in [1.82, 2.24) is 15.2 Å². The first-order valence-electron chi connectivity index (χ1n) is 4.32. The molecule has 0 amide bonds. The maximum Gasteiger partial charge on any atom is 0.360 e. The molecule has 0 aliphatic carbocycles. The smallest absolute Gasteiger partial charge is 0.360 e. The first kappa shape index (κ1) is 9.60. The van der Waals surface area contributed by atoms with Crippen LogP contribution < -0.4 is 4.84 Å². The molecule has 1 aromatic carbocycles. The number of carbonyl (C=O) groups excluding carboxylic acids is 1. The summed E-state index contributed by atoms with van der Waals surface area (Å²) in [4.78, 5) is 17.1. The fourth-order valence-corrected chi connectivity index (χ4v) is 1.16. The lowest BCUT2D eigenvalue weighted by Gasteiger charge is -2.01. The molecule has 0 fully saturated rings. The highest BCUT2D eigenvalue weighted by Gasteiger charge is 2.08. The lowest BCUT2D eigenvalue weighted by atomic mass is 10.3. The largest absolute Gasteiger partial charge is 0.373 e. The third-order valence-electron chi connectivity index (χ3n) is 1.77. The standard InChI is InChI=1S/C9H9N3O3/c1-14-6-9(13)15-12-8-5-3-2-4-7(8)10-11-12/h2-5H,6H2,1H3. The van der Waals surface area contributed by atoms with Crippen molar-refractivity contribution >= 4 is 17.0 Å². The van der Waals surface area contributed by atoms with Crippen LogP contribution in [0.2, 0.25) is 0 Å². The van der Waals surface area contributed by atoms with Gasteiger partial charge < -0.3 is 9.57 Å². The highest BCUT2D eigenvalue weighted by atomic mass is 16.7. The summed E-state index contributed by atoms with van der Waals surface area (Å²) in [5.41, 5.74) is 1.31. The van der Waals surface area contributed by atoms with E-state index in [9.17, 15) is 4.79 Å². The van der Waals surface area contributed by atoms with Gasteiger partial charge in [0.25, 0.3) is 0 Å². The molecule has 2 aromatic rings. The van der Waals surface area contributed by atoms with Gasteiger partial charge in [0.1, 0.15) is 17.6 Å². The number of para-hydroxylation sites is 1. The number of ether oxygens (including phenoxy) is 1. The Morgan fingerprint density at radius 2 is 2.27 bits per heavy atom. The molecule has 0 saturated carbocycles. The quantitative estimate of drug-likeness (QED) is 0.664. The normalized spacial score (nSPS) is 10.5. The van der Waals surface area contributed by atoms with Crippen molar-refractivity contribution in [3.8, 4) is 0 Å². The minimum atomic E-state index is -0.520. The van der Waals surface area contributed by atoms with Crippen LogP contribution >= 0.6 is 0 Å². The van der Waals surface area contributed by atoms with Gasteiger partial charge in [-0.25, -0.2) is 4.79 Å². The minimum Gasteiger partial charge on any atom is -0.373 e. The Labute approximate surface area is 85.3 Å². The van der Waals surface area contributed by atoms with Gasteiger partial charge in [-0.05, 0) is 17.3 Å². The van der Waals surface area contributed by atoms with E-state index in [1.165, 1.54) is 7.11 Å². The summed E-state index contributed by atoms with van der Waals surface area (Å²) < 4.78 is 4.63. The molecule has 2 rings (SSSR count). The summed E-state index contributed by atoms with van der Waals surface area (Å²) >= 11 is 0. The van der Waals surface area contributed by atoms with Gasteiger partial charge in [0.2, 0.25) is 0 Å². The predicted molar refractivity (Wildman–Crippen MR) is 51.0 cm³/mol. The molecule has 1 heterocycles. The maximum absolute atomic E-state index is 11.1. The monoisotopic (exact) mass is 207 g/mol. The topological polar surface area (TPSA) is 66.2 Å². The molecule has 78 valence electrons. The van der Waals surface area contributed by atoms with Crippen LogP contribution in [0.15, 0.2) is 24.3 Å². The Kier molecular flexibility index (Phi) is 2.59. The van der Waals surface area contributed by atoms with Crippen molar-refractivity contribution in [2.75, 3.05) is 13.7 Å². The lowest BCUT2D eigenvalue weighted by molar-refractivity contribution is -0.149. The lowest BCUT2D eigenvalue weighted by Crippen LogP contribution is -2.24. The van der Waals surface area contributed by atoms with Gasteiger partial charge in [-0.1, -0.05) is 17.0 Å². The summed E-state index contributed by atoms with van der Waals surface area (Å²) in [5, 5.41) is 7.51. The first-order valence-corrected chi connectivity index (χ1v) is 4.32. The summed E-state index contributed by atoms with van der Waals surface area (Å²) in [5.74, 6) is -0.520. The predicted octanol–water partition coefficient (Wildman–Crippen LogP) is 0.0329. The van der Waals surface area contributed by atoms with Gasteiger partial charge in [0.05, 0.1) is 0 Å². The van der Waals surface area contributed by atoms with Crippen LogP contribution in [0.3, 0.4) is 0 Å². The first-order chi connectivity index (χ1) is 7.31. The number of nitrogens with zero attached hydrogens (tertiary/aromatic N) is 3. The molecule has 1 aromatic heterocycles. The molecule has 0 saturated heterocycles. The van der Waals surface area contributed by atoms with Gasteiger partial charge in [-0.2, -0.15) is 0 Å². The van der Waals surface area contributed by atoms with E-state index in [2.05, 4.69) is 15.0 Å². The van der Waals surface area contributed by atoms with Crippen LogP contribution in [-0.4, -0.2) is 34.8 Å². The van der Waals surface area contributed by atoms with E-state index in [4.69, 9.17) is 4.84 Å². The SMILES string of the molecule is COCC(=O)On1nnc2ccccc21. The number of rotatable bonds is 3. The highest BCUT2D eigenvalue weighted by Crippen LogP contribution is 2.07. The van der Waals surface area contributed by atoms with E-state index in [0.717, 1.165) is 4.85 Å². The molecule has 15 heavy (non-hydrogen) atoms. The van der Waals surface area contributed by atoms with E-state index in [1.807, 2.05) is 12.1 Å². The van der Waals surface area contributed by atoms with Gasteiger partial charge >= 0.3 is 5.97 Å². The van der Waals surface area contributed by atoms with Gasteiger partial charge in [0.15, 0.2) is 0 Å². The van der Waals surface area contributed by atoms with Gasteiger partial charge in [0, 0.05) is 7.11 Å². The number of hydrogen-bond donors (Lipinski definition) is 0. The molecule has 6 nitrogen and oxygen atoms in total. The molecule has 0 N–H and O–H groups in total. The molecule has 0 atom stereocenters. The van der Waals surface area contributed by atoms with E-state index < -0.39 is 5.97 Å². The van der Waals surface area contributed by atoms with Crippen molar-refractivity contribution in [2.24, 2.45) is 0 Å². The molecule has 0 unspecified atom stereocenters. The maximum atomic E-state index is 11.1. The van der Waals surface area contributed by atoms with Crippen molar-refractivity contribution in [2.45, 2.75) is 0 Å². The third-order valence-corrected chi connectivity index (χ3v) is 1.77. The second kappa shape index (κ2) is 4.05. The average Bonchev–Trinajstić information content (AvgIpc) is 2.62. The Bertz CT molecular complexity index is 480. The van der Waals surface area contributed by atoms with Crippen molar-refractivity contribution in [3.63, 3.8) is 0 Å². The Morgan fingerprint density at radius 3 is 3.07 bits per heavy atom. The summed E-state index contributed by atoms with van der Waals surface area (Å²) in [6.07, 6.45) is 0. The number of carbonyl (C=O) groups is 1. The fourth-order valence-electron chi connectivity index (χ4n) is 1.16. The molecule has 6 heteroatoms. The van der Waals surface area contributed by atoms with E-state index in [-0.39, 0.29) is 6.61 Å². The minimum absolute atomic E-state index is 0.117. The molecule has 0 aliphatic rings. The molecule has 0 spiro atoms. The van der Waals surface area contributed by atoms with Crippen LogP contribution in [0, 0.1) is 0 Å². The highest BCUT2D eigenvalue weighted by molar-refractivity contribution is 5.76. The molecular weight excluding hydrogens is 198 g/mol. The Hall–Kier alpha value is -1.95. The average molecular weight is 207 g/mol. The summed E-state index contributed by atoms with van der Waals surface area (Å²) in [7, 11) is 1.42. The van der Waals surface area contributed by atoms with Crippen molar-refractivity contribution < 1.29 is 14.4 Å².